The summed E-state index contributed by atoms with van der Waals surface area (Å²) in [5, 5.41) is 4.47. The Bertz CT molecular complexity index is 350. The molecule has 3 heteroatoms. The fourth-order valence-electron chi connectivity index (χ4n) is 2.46. The first-order chi connectivity index (χ1) is 8.86. The second-order valence-electron chi connectivity index (χ2n) is 5.00. The van der Waals surface area contributed by atoms with E-state index in [-0.39, 0.29) is 0 Å². The first kappa shape index (κ1) is 14.2. The molecule has 0 aromatic heterocycles. The monoisotopic (exact) mass is 283 g/mol. The molecule has 0 radical (unpaired) electrons. The summed E-state index contributed by atoms with van der Waals surface area (Å²) in [6, 6.07) is 8.12. The lowest BCUT2D eigenvalue weighted by atomic mass is 10.1. The molecule has 0 bridgehead atoms. The van der Waals surface area contributed by atoms with Crippen LogP contribution >= 0.6 is 23.4 Å². The van der Waals surface area contributed by atoms with Gasteiger partial charge in [0.25, 0.3) is 0 Å². The van der Waals surface area contributed by atoms with Crippen molar-refractivity contribution in [1.82, 2.24) is 5.32 Å². The highest BCUT2D eigenvalue weighted by atomic mass is 35.5. The van der Waals surface area contributed by atoms with E-state index in [9.17, 15) is 0 Å². The molecule has 1 aromatic carbocycles. The van der Waals surface area contributed by atoms with E-state index in [0.717, 1.165) is 29.0 Å². The minimum absolute atomic E-state index is 0.893. The van der Waals surface area contributed by atoms with E-state index in [4.69, 9.17) is 11.6 Å². The predicted molar refractivity (Wildman–Crippen MR) is 82.4 cm³/mol. The highest BCUT2D eigenvalue weighted by molar-refractivity contribution is 7.98. The van der Waals surface area contributed by atoms with Crippen LogP contribution in [0.4, 0.5) is 0 Å². The first-order valence-electron chi connectivity index (χ1n) is 6.88. The first-order valence-corrected chi connectivity index (χ1v) is 8.41. The van der Waals surface area contributed by atoms with Crippen LogP contribution in [-0.4, -0.2) is 18.8 Å². The molecule has 1 saturated carbocycles. The van der Waals surface area contributed by atoms with Gasteiger partial charge in [-0.15, -0.1) is 0 Å². The Balaban J connectivity index is 1.52. The van der Waals surface area contributed by atoms with Crippen molar-refractivity contribution in [2.75, 3.05) is 18.8 Å². The summed E-state index contributed by atoms with van der Waals surface area (Å²) < 4.78 is 0. The zero-order chi connectivity index (χ0) is 12.6. The van der Waals surface area contributed by atoms with E-state index in [1.807, 2.05) is 23.9 Å². The number of benzene rings is 1. The molecule has 1 N–H and O–H groups in total. The second-order valence-corrected chi connectivity index (χ2v) is 6.51. The lowest BCUT2D eigenvalue weighted by Gasteiger charge is -2.10. The molecule has 1 aliphatic rings. The van der Waals surface area contributed by atoms with Crippen molar-refractivity contribution in [2.45, 2.75) is 31.4 Å². The zero-order valence-corrected chi connectivity index (χ0v) is 12.4. The molecule has 0 atom stereocenters. The van der Waals surface area contributed by atoms with Gasteiger partial charge >= 0.3 is 0 Å². The number of rotatable bonds is 7. The molecule has 0 unspecified atom stereocenters. The van der Waals surface area contributed by atoms with Crippen LogP contribution in [0.25, 0.3) is 0 Å². The summed E-state index contributed by atoms with van der Waals surface area (Å²) in [5.74, 6) is 3.13. The molecule has 0 aliphatic heterocycles. The third-order valence-electron chi connectivity index (χ3n) is 3.55. The Morgan fingerprint density at radius 3 is 2.78 bits per heavy atom. The van der Waals surface area contributed by atoms with Crippen LogP contribution in [0.5, 0.6) is 0 Å². The zero-order valence-electron chi connectivity index (χ0n) is 10.8. The van der Waals surface area contributed by atoms with E-state index in [2.05, 4.69) is 17.4 Å². The molecule has 100 valence electrons. The van der Waals surface area contributed by atoms with Crippen LogP contribution in [0, 0.1) is 5.92 Å². The normalized spacial score (nSPS) is 16.3. The summed E-state index contributed by atoms with van der Waals surface area (Å²) in [6.45, 7) is 2.33. The maximum atomic E-state index is 6.12. The Labute approximate surface area is 120 Å². The molecule has 0 amide bonds. The summed E-state index contributed by atoms with van der Waals surface area (Å²) in [4.78, 5) is 0. The molecule has 0 spiro atoms. The molecule has 18 heavy (non-hydrogen) atoms. The van der Waals surface area contributed by atoms with Crippen LogP contribution in [0.1, 0.15) is 31.2 Å². The molecule has 0 heterocycles. The molecular weight excluding hydrogens is 262 g/mol. The molecule has 2 rings (SSSR count). The van der Waals surface area contributed by atoms with Crippen LogP contribution in [0.3, 0.4) is 0 Å². The van der Waals surface area contributed by atoms with Gasteiger partial charge in [0.1, 0.15) is 0 Å². The Kier molecular flexibility index (Phi) is 6.39. The quantitative estimate of drug-likeness (QED) is 0.747. The highest BCUT2D eigenvalue weighted by Crippen LogP contribution is 2.24. The summed E-state index contributed by atoms with van der Waals surface area (Å²) in [5.41, 5.74) is 1.25. The van der Waals surface area contributed by atoms with E-state index >= 15 is 0 Å². The molecular formula is C15H22ClNS. The van der Waals surface area contributed by atoms with Crippen molar-refractivity contribution in [3.63, 3.8) is 0 Å². The fraction of sp³-hybridized carbons (Fsp3) is 0.600. The van der Waals surface area contributed by atoms with Crippen molar-refractivity contribution < 1.29 is 0 Å². The van der Waals surface area contributed by atoms with Crippen LogP contribution in [-0.2, 0) is 5.75 Å². The highest BCUT2D eigenvalue weighted by Gasteiger charge is 2.13. The maximum Gasteiger partial charge on any atom is 0.0446 e. The Morgan fingerprint density at radius 1 is 1.22 bits per heavy atom. The number of hydrogen-bond donors (Lipinski definition) is 1. The number of nitrogens with one attached hydrogen (secondary N) is 1. The smallest absolute Gasteiger partial charge is 0.0446 e. The van der Waals surface area contributed by atoms with Crippen molar-refractivity contribution >= 4 is 23.4 Å². The minimum Gasteiger partial charge on any atom is -0.316 e. The topological polar surface area (TPSA) is 12.0 Å². The molecule has 1 aromatic rings. The lowest BCUT2D eigenvalue weighted by molar-refractivity contribution is 0.500. The SMILES string of the molecule is Clc1ccccc1CSCCNCC1CCCC1. The summed E-state index contributed by atoms with van der Waals surface area (Å²) >= 11 is 8.08. The van der Waals surface area contributed by atoms with Crippen LogP contribution < -0.4 is 5.32 Å². The van der Waals surface area contributed by atoms with E-state index in [1.165, 1.54) is 37.8 Å². The van der Waals surface area contributed by atoms with Gasteiger partial charge in [-0.3, -0.25) is 0 Å². The molecule has 1 aliphatic carbocycles. The van der Waals surface area contributed by atoms with Gasteiger partial charge in [0.15, 0.2) is 0 Å². The third kappa shape index (κ3) is 4.83. The van der Waals surface area contributed by atoms with Gasteiger partial charge in [-0.1, -0.05) is 42.6 Å². The molecule has 1 nitrogen and oxygen atoms in total. The van der Waals surface area contributed by atoms with Crippen molar-refractivity contribution in [2.24, 2.45) is 5.92 Å². The third-order valence-corrected chi connectivity index (χ3v) is 4.92. The Hall–Kier alpha value is -0.180. The van der Waals surface area contributed by atoms with Gasteiger partial charge in [0.05, 0.1) is 0 Å². The van der Waals surface area contributed by atoms with Gasteiger partial charge in [-0.05, 0) is 36.9 Å². The van der Waals surface area contributed by atoms with Gasteiger partial charge in [-0.25, -0.2) is 0 Å². The van der Waals surface area contributed by atoms with Gasteiger partial charge in [-0.2, -0.15) is 11.8 Å². The largest absolute Gasteiger partial charge is 0.316 e. The lowest BCUT2D eigenvalue weighted by Crippen LogP contribution is -2.23. The van der Waals surface area contributed by atoms with Gasteiger partial charge < -0.3 is 5.32 Å². The van der Waals surface area contributed by atoms with Crippen molar-refractivity contribution in [3.8, 4) is 0 Å². The van der Waals surface area contributed by atoms with E-state index < -0.39 is 0 Å². The standard InChI is InChI=1S/C15H22ClNS/c16-15-8-4-3-7-14(15)12-18-10-9-17-11-13-5-1-2-6-13/h3-4,7-8,13,17H,1-2,5-6,9-12H2. The molecule has 0 saturated heterocycles. The predicted octanol–water partition coefficient (Wildman–Crippen LogP) is 4.35. The number of thioether (sulfide) groups is 1. The number of halogens is 1. The Morgan fingerprint density at radius 2 is 2.00 bits per heavy atom. The summed E-state index contributed by atoms with van der Waals surface area (Å²) in [7, 11) is 0. The van der Waals surface area contributed by atoms with Crippen molar-refractivity contribution in [3.05, 3.63) is 34.9 Å². The van der Waals surface area contributed by atoms with E-state index in [0.29, 0.717) is 0 Å². The number of hydrogen-bond acceptors (Lipinski definition) is 2. The van der Waals surface area contributed by atoms with E-state index in [1.54, 1.807) is 0 Å². The molecule has 1 fully saturated rings. The van der Waals surface area contributed by atoms with Gasteiger partial charge in [0, 0.05) is 23.1 Å². The average Bonchev–Trinajstić information content (AvgIpc) is 2.89. The fourth-order valence-corrected chi connectivity index (χ4v) is 3.65. The van der Waals surface area contributed by atoms with Gasteiger partial charge in [0.2, 0.25) is 0 Å². The maximum absolute atomic E-state index is 6.12. The minimum atomic E-state index is 0.893. The average molecular weight is 284 g/mol. The second kappa shape index (κ2) is 8.08. The van der Waals surface area contributed by atoms with Crippen LogP contribution in [0.2, 0.25) is 5.02 Å². The summed E-state index contributed by atoms with van der Waals surface area (Å²) in [6.07, 6.45) is 5.74. The van der Waals surface area contributed by atoms with Crippen LogP contribution in [0.15, 0.2) is 24.3 Å². The van der Waals surface area contributed by atoms with Crippen molar-refractivity contribution in [1.29, 1.82) is 0 Å².